The molecule has 1 fully saturated rings. The summed E-state index contributed by atoms with van der Waals surface area (Å²) >= 11 is 3.53. The highest BCUT2D eigenvalue weighted by Gasteiger charge is 2.27. The quantitative estimate of drug-likeness (QED) is 0.734. The summed E-state index contributed by atoms with van der Waals surface area (Å²) in [6, 6.07) is 8.07. The molecule has 1 aliphatic rings. The number of carbonyl (C=O) groups is 1. The standard InChI is InChI=1S/C15H20BrNO2/c1-19-15(18)17(12-8-4-2-3-5-9-12)14-11-7-6-10-13(14)16/h6-7,10-12H,2-5,8-9H2,1H3. The molecule has 0 heterocycles. The molecule has 1 aliphatic carbocycles. The van der Waals surface area contributed by atoms with Crippen LogP contribution in [0.4, 0.5) is 10.5 Å². The van der Waals surface area contributed by atoms with E-state index in [1.165, 1.54) is 32.8 Å². The molecule has 1 amide bonds. The second-order valence-corrected chi connectivity index (χ2v) is 5.79. The van der Waals surface area contributed by atoms with Crippen LogP contribution in [-0.2, 0) is 4.74 Å². The fourth-order valence-electron chi connectivity index (χ4n) is 2.71. The first-order valence-corrected chi connectivity index (χ1v) is 7.65. The Bertz CT molecular complexity index is 428. The molecular formula is C15H20BrNO2. The lowest BCUT2D eigenvalue weighted by atomic mass is 10.1. The molecule has 1 saturated carbocycles. The van der Waals surface area contributed by atoms with Gasteiger partial charge in [0, 0.05) is 10.5 Å². The number of para-hydroxylation sites is 1. The Kier molecular flexibility index (Phi) is 5.25. The molecule has 1 aromatic rings. The summed E-state index contributed by atoms with van der Waals surface area (Å²) in [7, 11) is 1.45. The molecule has 0 radical (unpaired) electrons. The fraction of sp³-hybridized carbons (Fsp3) is 0.533. The van der Waals surface area contributed by atoms with E-state index in [2.05, 4.69) is 15.9 Å². The summed E-state index contributed by atoms with van der Waals surface area (Å²) in [5.41, 5.74) is 0.904. The maximum atomic E-state index is 12.2. The van der Waals surface area contributed by atoms with Gasteiger partial charge in [0.25, 0.3) is 0 Å². The molecule has 0 aliphatic heterocycles. The molecule has 0 saturated heterocycles. The summed E-state index contributed by atoms with van der Waals surface area (Å²) in [5.74, 6) is 0. The van der Waals surface area contributed by atoms with Crippen LogP contribution in [0.25, 0.3) is 0 Å². The third-order valence-corrected chi connectivity index (χ3v) is 4.34. The van der Waals surface area contributed by atoms with Gasteiger partial charge in [-0.25, -0.2) is 4.79 Å². The average molecular weight is 326 g/mol. The summed E-state index contributed by atoms with van der Waals surface area (Å²) in [4.78, 5) is 14.0. The van der Waals surface area contributed by atoms with Crippen LogP contribution >= 0.6 is 15.9 Å². The second-order valence-electron chi connectivity index (χ2n) is 4.94. The van der Waals surface area contributed by atoms with Crippen molar-refractivity contribution in [1.82, 2.24) is 0 Å². The van der Waals surface area contributed by atoms with Crippen LogP contribution in [0.1, 0.15) is 38.5 Å². The van der Waals surface area contributed by atoms with Crippen LogP contribution in [0, 0.1) is 0 Å². The molecule has 0 atom stereocenters. The van der Waals surface area contributed by atoms with E-state index in [1.54, 1.807) is 0 Å². The summed E-state index contributed by atoms with van der Waals surface area (Å²) in [6.45, 7) is 0. The van der Waals surface area contributed by atoms with Crippen molar-refractivity contribution < 1.29 is 9.53 Å². The van der Waals surface area contributed by atoms with Crippen LogP contribution in [0.2, 0.25) is 0 Å². The van der Waals surface area contributed by atoms with E-state index in [-0.39, 0.29) is 12.1 Å². The maximum absolute atomic E-state index is 12.2. The molecule has 3 nitrogen and oxygen atoms in total. The lowest BCUT2D eigenvalue weighted by Gasteiger charge is -2.30. The predicted octanol–water partition coefficient (Wildman–Crippen LogP) is 4.74. The van der Waals surface area contributed by atoms with Crippen LogP contribution in [-0.4, -0.2) is 19.2 Å². The molecule has 104 valence electrons. The van der Waals surface area contributed by atoms with E-state index in [0.29, 0.717) is 0 Å². The number of nitrogens with zero attached hydrogens (tertiary/aromatic N) is 1. The highest BCUT2D eigenvalue weighted by atomic mass is 79.9. The third-order valence-electron chi connectivity index (χ3n) is 3.67. The fourth-order valence-corrected chi connectivity index (χ4v) is 3.18. The number of halogens is 1. The van der Waals surface area contributed by atoms with Crippen LogP contribution < -0.4 is 4.90 Å². The summed E-state index contributed by atoms with van der Waals surface area (Å²) in [6.07, 6.45) is 6.74. The first kappa shape index (κ1) is 14.4. The number of ether oxygens (including phenoxy) is 1. The van der Waals surface area contributed by atoms with Crippen molar-refractivity contribution >= 4 is 27.7 Å². The van der Waals surface area contributed by atoms with Gasteiger partial charge in [0.05, 0.1) is 12.8 Å². The number of hydrogen-bond donors (Lipinski definition) is 0. The van der Waals surface area contributed by atoms with Crippen molar-refractivity contribution in [1.29, 1.82) is 0 Å². The molecule has 0 unspecified atom stereocenters. The Hall–Kier alpha value is -1.03. The first-order valence-electron chi connectivity index (χ1n) is 6.85. The second kappa shape index (κ2) is 6.94. The average Bonchev–Trinajstić information content (AvgIpc) is 2.70. The smallest absolute Gasteiger partial charge is 0.414 e. The highest BCUT2D eigenvalue weighted by Crippen LogP contribution is 2.32. The number of anilines is 1. The van der Waals surface area contributed by atoms with E-state index in [1.807, 2.05) is 29.2 Å². The number of carbonyl (C=O) groups excluding carboxylic acids is 1. The van der Waals surface area contributed by atoms with E-state index in [4.69, 9.17) is 4.74 Å². The first-order chi connectivity index (χ1) is 9.24. The lowest BCUT2D eigenvalue weighted by Crippen LogP contribution is -2.40. The molecule has 19 heavy (non-hydrogen) atoms. The van der Waals surface area contributed by atoms with Crippen molar-refractivity contribution in [2.45, 2.75) is 44.6 Å². The minimum absolute atomic E-state index is 0.244. The van der Waals surface area contributed by atoms with Gasteiger partial charge in [-0.2, -0.15) is 0 Å². The Labute approximate surface area is 123 Å². The van der Waals surface area contributed by atoms with Crippen LogP contribution in [0.5, 0.6) is 0 Å². The number of methoxy groups -OCH3 is 1. The lowest BCUT2D eigenvalue weighted by molar-refractivity contribution is 0.175. The molecule has 0 N–H and O–H groups in total. The Morgan fingerprint density at radius 2 is 1.84 bits per heavy atom. The molecule has 0 bridgehead atoms. The summed E-state index contributed by atoms with van der Waals surface area (Å²) < 4.78 is 5.92. The number of hydrogen-bond acceptors (Lipinski definition) is 2. The van der Waals surface area contributed by atoms with Gasteiger partial charge in [-0.15, -0.1) is 0 Å². The van der Waals surface area contributed by atoms with Gasteiger partial charge in [0.15, 0.2) is 0 Å². The predicted molar refractivity (Wildman–Crippen MR) is 80.5 cm³/mol. The minimum Gasteiger partial charge on any atom is -0.452 e. The van der Waals surface area contributed by atoms with Gasteiger partial charge in [-0.1, -0.05) is 37.8 Å². The number of rotatable bonds is 2. The van der Waals surface area contributed by atoms with Crippen molar-refractivity contribution in [2.75, 3.05) is 12.0 Å². The van der Waals surface area contributed by atoms with Crippen molar-refractivity contribution in [3.05, 3.63) is 28.7 Å². The van der Waals surface area contributed by atoms with Crippen molar-refractivity contribution in [3.8, 4) is 0 Å². The third kappa shape index (κ3) is 3.50. The zero-order chi connectivity index (χ0) is 13.7. The van der Waals surface area contributed by atoms with E-state index in [0.717, 1.165) is 23.0 Å². The molecular weight excluding hydrogens is 306 g/mol. The van der Waals surface area contributed by atoms with E-state index in [9.17, 15) is 4.79 Å². The minimum atomic E-state index is -0.265. The van der Waals surface area contributed by atoms with E-state index >= 15 is 0 Å². The number of amides is 1. The molecule has 0 spiro atoms. The maximum Gasteiger partial charge on any atom is 0.414 e. The van der Waals surface area contributed by atoms with Gasteiger partial charge in [0.1, 0.15) is 0 Å². The Morgan fingerprint density at radius 1 is 1.21 bits per heavy atom. The SMILES string of the molecule is COC(=O)N(c1ccccc1Br)C1CCCCCC1. The Morgan fingerprint density at radius 3 is 2.42 bits per heavy atom. The number of benzene rings is 1. The topological polar surface area (TPSA) is 29.5 Å². The van der Waals surface area contributed by atoms with Crippen LogP contribution in [0.3, 0.4) is 0 Å². The molecule has 4 heteroatoms. The van der Waals surface area contributed by atoms with Gasteiger partial charge in [-0.05, 0) is 40.9 Å². The van der Waals surface area contributed by atoms with Gasteiger partial charge in [0.2, 0.25) is 0 Å². The zero-order valence-electron chi connectivity index (χ0n) is 11.3. The molecule has 1 aromatic carbocycles. The normalized spacial score (nSPS) is 16.7. The van der Waals surface area contributed by atoms with E-state index < -0.39 is 0 Å². The van der Waals surface area contributed by atoms with Crippen molar-refractivity contribution in [2.24, 2.45) is 0 Å². The van der Waals surface area contributed by atoms with Crippen molar-refractivity contribution in [3.63, 3.8) is 0 Å². The zero-order valence-corrected chi connectivity index (χ0v) is 12.9. The van der Waals surface area contributed by atoms with Gasteiger partial charge >= 0.3 is 6.09 Å². The monoisotopic (exact) mass is 325 g/mol. The summed E-state index contributed by atoms with van der Waals surface area (Å²) in [5, 5.41) is 0. The molecule has 2 rings (SSSR count). The highest BCUT2D eigenvalue weighted by molar-refractivity contribution is 9.10. The van der Waals surface area contributed by atoms with Gasteiger partial charge < -0.3 is 4.74 Å². The Balaban J connectivity index is 2.30. The van der Waals surface area contributed by atoms with Gasteiger partial charge in [-0.3, -0.25) is 4.90 Å². The van der Waals surface area contributed by atoms with Crippen LogP contribution in [0.15, 0.2) is 28.7 Å². The largest absolute Gasteiger partial charge is 0.452 e. The molecule has 0 aromatic heterocycles.